The van der Waals surface area contributed by atoms with E-state index in [-0.39, 0.29) is 11.9 Å². The van der Waals surface area contributed by atoms with Crippen LogP contribution < -0.4 is 5.32 Å². The number of carbonyl (C=O) groups is 1. The Labute approximate surface area is 113 Å². The molecule has 0 bridgehead atoms. The molecule has 3 nitrogen and oxygen atoms in total. The molecule has 1 aliphatic rings. The molecule has 0 aromatic carbocycles. The van der Waals surface area contributed by atoms with Gasteiger partial charge in [-0.25, -0.2) is 0 Å². The van der Waals surface area contributed by atoms with Crippen LogP contribution in [-0.2, 0) is 11.3 Å². The molecule has 0 saturated carbocycles. The highest BCUT2D eigenvalue weighted by Gasteiger charge is 2.28. The van der Waals surface area contributed by atoms with Crippen LogP contribution in [0.5, 0.6) is 0 Å². The topological polar surface area (TPSA) is 32.3 Å². The lowest BCUT2D eigenvalue weighted by molar-refractivity contribution is -0.136. The van der Waals surface area contributed by atoms with E-state index in [0.717, 1.165) is 38.9 Å². The second kappa shape index (κ2) is 6.34. The predicted molar refractivity (Wildman–Crippen MR) is 75.8 cm³/mol. The minimum atomic E-state index is 0.0395. The van der Waals surface area contributed by atoms with Gasteiger partial charge in [0, 0.05) is 13.1 Å². The van der Waals surface area contributed by atoms with E-state index >= 15 is 0 Å². The standard InChI is InChI=1S/C14H22N2OS/c1-3-6-15-13-5-4-7-16(14(13)17)8-12-10-18-9-11(12)2/h9-10,13,15H,3-8H2,1-2H3. The molecule has 1 aromatic heterocycles. The Morgan fingerprint density at radius 1 is 1.50 bits per heavy atom. The molecule has 1 unspecified atom stereocenters. The fraction of sp³-hybridized carbons (Fsp3) is 0.643. The normalized spacial score (nSPS) is 20.4. The molecule has 1 aliphatic heterocycles. The van der Waals surface area contributed by atoms with Crippen molar-refractivity contribution in [3.63, 3.8) is 0 Å². The van der Waals surface area contributed by atoms with Crippen LogP contribution in [0.4, 0.5) is 0 Å². The molecule has 0 aliphatic carbocycles. The maximum absolute atomic E-state index is 12.3. The molecular weight excluding hydrogens is 244 g/mol. The lowest BCUT2D eigenvalue weighted by Gasteiger charge is -2.32. The average molecular weight is 266 g/mol. The number of nitrogens with zero attached hydrogens (tertiary/aromatic N) is 1. The summed E-state index contributed by atoms with van der Waals surface area (Å²) >= 11 is 1.72. The van der Waals surface area contributed by atoms with Gasteiger partial charge in [-0.15, -0.1) is 0 Å². The average Bonchev–Trinajstić information content (AvgIpc) is 2.76. The first-order chi connectivity index (χ1) is 8.72. The van der Waals surface area contributed by atoms with Gasteiger partial charge in [0.2, 0.25) is 5.91 Å². The van der Waals surface area contributed by atoms with Crippen LogP contribution in [-0.4, -0.2) is 29.9 Å². The van der Waals surface area contributed by atoms with E-state index in [1.165, 1.54) is 11.1 Å². The highest BCUT2D eigenvalue weighted by Crippen LogP contribution is 2.19. The molecule has 1 aromatic rings. The van der Waals surface area contributed by atoms with Gasteiger partial charge in [0.05, 0.1) is 6.04 Å². The minimum absolute atomic E-state index is 0.0395. The van der Waals surface area contributed by atoms with E-state index < -0.39 is 0 Å². The van der Waals surface area contributed by atoms with Crippen molar-refractivity contribution in [3.8, 4) is 0 Å². The van der Waals surface area contributed by atoms with Gasteiger partial charge in [-0.1, -0.05) is 6.92 Å². The first kappa shape index (κ1) is 13.6. The Kier molecular flexibility index (Phi) is 4.78. The van der Waals surface area contributed by atoms with Crippen LogP contribution in [0.2, 0.25) is 0 Å². The van der Waals surface area contributed by atoms with Gasteiger partial charge in [-0.05, 0) is 54.6 Å². The van der Waals surface area contributed by atoms with Gasteiger partial charge in [0.25, 0.3) is 0 Å². The van der Waals surface area contributed by atoms with Gasteiger partial charge in [0.1, 0.15) is 0 Å². The molecule has 1 saturated heterocycles. The summed E-state index contributed by atoms with van der Waals surface area (Å²) in [7, 11) is 0. The van der Waals surface area contributed by atoms with E-state index in [1.807, 2.05) is 4.90 Å². The van der Waals surface area contributed by atoms with E-state index in [9.17, 15) is 4.79 Å². The van der Waals surface area contributed by atoms with Crippen molar-refractivity contribution in [3.05, 3.63) is 21.9 Å². The first-order valence-electron chi connectivity index (χ1n) is 6.76. The van der Waals surface area contributed by atoms with Gasteiger partial charge < -0.3 is 10.2 Å². The smallest absolute Gasteiger partial charge is 0.240 e. The Bertz CT molecular complexity index is 402. The third kappa shape index (κ3) is 3.12. The maximum Gasteiger partial charge on any atom is 0.240 e. The van der Waals surface area contributed by atoms with Crippen molar-refractivity contribution in [2.45, 2.75) is 45.7 Å². The van der Waals surface area contributed by atoms with Crippen LogP contribution in [0.15, 0.2) is 10.8 Å². The van der Waals surface area contributed by atoms with Crippen LogP contribution in [0.1, 0.15) is 37.3 Å². The van der Waals surface area contributed by atoms with E-state index in [2.05, 4.69) is 29.9 Å². The monoisotopic (exact) mass is 266 g/mol. The van der Waals surface area contributed by atoms with E-state index in [4.69, 9.17) is 0 Å². The number of aryl methyl sites for hydroxylation is 1. The van der Waals surface area contributed by atoms with Crippen LogP contribution in [0.3, 0.4) is 0 Å². The fourth-order valence-electron chi connectivity index (χ4n) is 2.36. The summed E-state index contributed by atoms with van der Waals surface area (Å²) in [6.45, 7) is 6.86. The highest BCUT2D eigenvalue weighted by molar-refractivity contribution is 7.08. The zero-order valence-corrected chi connectivity index (χ0v) is 12.1. The molecule has 4 heteroatoms. The summed E-state index contributed by atoms with van der Waals surface area (Å²) in [5, 5.41) is 7.66. The summed E-state index contributed by atoms with van der Waals surface area (Å²) in [4.78, 5) is 14.3. The highest BCUT2D eigenvalue weighted by atomic mass is 32.1. The summed E-state index contributed by atoms with van der Waals surface area (Å²) in [6.07, 6.45) is 3.17. The van der Waals surface area contributed by atoms with Gasteiger partial charge in [-0.2, -0.15) is 11.3 Å². The van der Waals surface area contributed by atoms with Crippen LogP contribution in [0.25, 0.3) is 0 Å². The molecule has 1 atom stereocenters. The third-order valence-corrected chi connectivity index (χ3v) is 4.40. The van der Waals surface area contributed by atoms with Crippen LogP contribution in [0, 0.1) is 6.92 Å². The number of amides is 1. The largest absolute Gasteiger partial charge is 0.337 e. The number of piperidine rings is 1. The maximum atomic E-state index is 12.3. The summed E-state index contributed by atoms with van der Waals surface area (Å²) < 4.78 is 0. The molecule has 0 spiro atoms. The van der Waals surface area contributed by atoms with E-state index in [1.54, 1.807) is 11.3 Å². The number of likely N-dealkylation sites (tertiary alicyclic amines) is 1. The molecule has 1 N–H and O–H groups in total. The van der Waals surface area contributed by atoms with Crippen LogP contribution >= 0.6 is 11.3 Å². The van der Waals surface area contributed by atoms with Gasteiger partial charge >= 0.3 is 0 Å². The third-order valence-electron chi connectivity index (χ3n) is 3.49. The quantitative estimate of drug-likeness (QED) is 0.888. The summed E-state index contributed by atoms with van der Waals surface area (Å²) in [5.41, 5.74) is 2.60. The number of nitrogens with one attached hydrogen (secondary N) is 1. The molecular formula is C14H22N2OS. The number of carbonyl (C=O) groups excluding carboxylic acids is 1. The molecule has 0 radical (unpaired) electrons. The second-order valence-electron chi connectivity index (χ2n) is 4.99. The van der Waals surface area contributed by atoms with Crippen molar-refractivity contribution in [2.75, 3.05) is 13.1 Å². The van der Waals surface area contributed by atoms with Gasteiger partial charge in [0.15, 0.2) is 0 Å². The van der Waals surface area contributed by atoms with Crippen molar-refractivity contribution in [1.82, 2.24) is 10.2 Å². The lowest BCUT2D eigenvalue weighted by atomic mass is 10.0. The number of hydrogen-bond donors (Lipinski definition) is 1. The lowest BCUT2D eigenvalue weighted by Crippen LogP contribution is -2.50. The Balaban J connectivity index is 1.96. The fourth-order valence-corrected chi connectivity index (χ4v) is 3.21. The molecule has 18 heavy (non-hydrogen) atoms. The Morgan fingerprint density at radius 2 is 2.33 bits per heavy atom. The molecule has 1 amide bonds. The zero-order chi connectivity index (χ0) is 13.0. The molecule has 100 valence electrons. The number of hydrogen-bond acceptors (Lipinski definition) is 3. The predicted octanol–water partition coefficient (Wildman–Crippen LogP) is 2.55. The zero-order valence-electron chi connectivity index (χ0n) is 11.2. The Hall–Kier alpha value is -0.870. The second-order valence-corrected chi connectivity index (χ2v) is 5.73. The Morgan fingerprint density at radius 3 is 3.00 bits per heavy atom. The SMILES string of the molecule is CCCNC1CCCN(Cc2cscc2C)C1=O. The van der Waals surface area contributed by atoms with E-state index in [0.29, 0.717) is 0 Å². The minimum Gasteiger partial charge on any atom is -0.337 e. The summed E-state index contributed by atoms with van der Waals surface area (Å²) in [6, 6.07) is 0.0395. The van der Waals surface area contributed by atoms with Gasteiger partial charge in [-0.3, -0.25) is 4.79 Å². The van der Waals surface area contributed by atoms with Crippen molar-refractivity contribution in [2.24, 2.45) is 0 Å². The summed E-state index contributed by atoms with van der Waals surface area (Å²) in [5.74, 6) is 0.278. The number of rotatable bonds is 5. The van der Waals surface area contributed by atoms with Crippen molar-refractivity contribution < 1.29 is 4.79 Å². The molecule has 2 heterocycles. The number of thiophene rings is 1. The molecule has 1 fully saturated rings. The first-order valence-corrected chi connectivity index (χ1v) is 7.70. The molecule has 2 rings (SSSR count). The van der Waals surface area contributed by atoms with Crippen molar-refractivity contribution >= 4 is 17.2 Å². The van der Waals surface area contributed by atoms with Crippen molar-refractivity contribution in [1.29, 1.82) is 0 Å².